The summed E-state index contributed by atoms with van der Waals surface area (Å²) in [6.45, 7) is 7.77. The van der Waals surface area contributed by atoms with E-state index in [1.54, 1.807) is 0 Å². The summed E-state index contributed by atoms with van der Waals surface area (Å²) in [5.41, 5.74) is 0. The SMILES string of the molecule is CC(C)NC(=O)O[C@H]1CCCCC[C@@H](C)C(=O)OCCC[C@@H](C)C1=O. The Morgan fingerprint density at radius 2 is 1.68 bits per heavy atom. The van der Waals surface area contributed by atoms with Crippen LogP contribution in [-0.2, 0) is 19.1 Å². The monoisotopic (exact) mass is 355 g/mol. The van der Waals surface area contributed by atoms with Crippen LogP contribution in [0.4, 0.5) is 4.79 Å². The summed E-state index contributed by atoms with van der Waals surface area (Å²) in [7, 11) is 0. The van der Waals surface area contributed by atoms with Crippen molar-refractivity contribution < 1.29 is 23.9 Å². The molecule has 0 bridgehead atoms. The molecule has 0 spiro atoms. The molecule has 0 aromatic rings. The predicted molar refractivity (Wildman–Crippen MR) is 95.2 cm³/mol. The molecule has 0 unspecified atom stereocenters. The molecular formula is C19H33NO5. The standard InChI is InChI=1S/C19H33NO5/c1-13(2)20-19(23)25-16-11-7-5-6-9-15(4)18(22)24-12-8-10-14(3)17(16)21/h13-16H,5-12H2,1-4H3,(H,20,23)/t14-,15-,16+/m1/s1. The van der Waals surface area contributed by atoms with Crippen molar-refractivity contribution in [1.29, 1.82) is 0 Å². The first-order chi connectivity index (χ1) is 11.8. The zero-order valence-electron chi connectivity index (χ0n) is 16.0. The Morgan fingerprint density at radius 1 is 1.04 bits per heavy atom. The minimum absolute atomic E-state index is 0.0327. The molecule has 1 saturated heterocycles. The quantitative estimate of drug-likeness (QED) is 0.765. The van der Waals surface area contributed by atoms with Crippen LogP contribution in [0.2, 0.25) is 0 Å². The first-order valence-electron chi connectivity index (χ1n) is 9.48. The number of ketones is 1. The van der Waals surface area contributed by atoms with Crippen LogP contribution in [0.1, 0.15) is 72.6 Å². The van der Waals surface area contributed by atoms with Crippen molar-refractivity contribution in [3.63, 3.8) is 0 Å². The number of amides is 1. The molecule has 1 fully saturated rings. The van der Waals surface area contributed by atoms with Crippen LogP contribution in [0, 0.1) is 11.8 Å². The molecule has 1 rings (SSSR count). The van der Waals surface area contributed by atoms with E-state index in [-0.39, 0.29) is 29.6 Å². The van der Waals surface area contributed by atoms with E-state index in [0.29, 0.717) is 25.9 Å². The average Bonchev–Trinajstić information content (AvgIpc) is 2.54. The van der Waals surface area contributed by atoms with Gasteiger partial charge in [-0.15, -0.1) is 0 Å². The van der Waals surface area contributed by atoms with Crippen LogP contribution in [0.25, 0.3) is 0 Å². The summed E-state index contributed by atoms with van der Waals surface area (Å²) < 4.78 is 10.7. The summed E-state index contributed by atoms with van der Waals surface area (Å²) in [6.07, 6.45) is 3.91. The second-order valence-corrected chi connectivity index (χ2v) is 7.35. The van der Waals surface area contributed by atoms with Crippen LogP contribution in [-0.4, -0.2) is 36.6 Å². The van der Waals surface area contributed by atoms with Gasteiger partial charge in [0, 0.05) is 12.0 Å². The van der Waals surface area contributed by atoms with Crippen molar-refractivity contribution in [2.75, 3.05) is 6.61 Å². The molecule has 0 aromatic heterocycles. The molecule has 1 amide bonds. The summed E-state index contributed by atoms with van der Waals surface area (Å²) in [4.78, 5) is 36.4. The van der Waals surface area contributed by atoms with Gasteiger partial charge >= 0.3 is 12.1 Å². The normalized spacial score (nSPS) is 27.3. The van der Waals surface area contributed by atoms with Crippen molar-refractivity contribution in [3.8, 4) is 0 Å². The topological polar surface area (TPSA) is 81.7 Å². The number of ether oxygens (including phenoxy) is 2. The van der Waals surface area contributed by atoms with Crippen LogP contribution < -0.4 is 5.32 Å². The molecular weight excluding hydrogens is 322 g/mol. The summed E-state index contributed by atoms with van der Waals surface area (Å²) in [6, 6.07) is -0.0327. The van der Waals surface area contributed by atoms with Crippen molar-refractivity contribution >= 4 is 17.8 Å². The molecule has 1 heterocycles. The number of esters is 1. The molecule has 0 aromatic carbocycles. The van der Waals surface area contributed by atoms with Gasteiger partial charge in [-0.2, -0.15) is 0 Å². The highest BCUT2D eigenvalue weighted by molar-refractivity contribution is 5.87. The molecule has 0 radical (unpaired) electrons. The molecule has 0 saturated carbocycles. The Kier molecular flexibility index (Phi) is 9.53. The fraction of sp³-hybridized carbons (Fsp3) is 0.842. The molecule has 25 heavy (non-hydrogen) atoms. The largest absolute Gasteiger partial charge is 0.465 e. The Morgan fingerprint density at radius 3 is 2.36 bits per heavy atom. The summed E-state index contributed by atoms with van der Waals surface area (Å²) in [5.74, 6) is -0.514. The number of rotatable bonds is 2. The van der Waals surface area contributed by atoms with Gasteiger partial charge in [0.1, 0.15) is 0 Å². The van der Waals surface area contributed by atoms with E-state index in [0.717, 1.165) is 25.7 Å². The van der Waals surface area contributed by atoms with E-state index in [1.165, 1.54) is 0 Å². The molecule has 6 nitrogen and oxygen atoms in total. The van der Waals surface area contributed by atoms with Gasteiger partial charge in [-0.05, 0) is 46.0 Å². The minimum atomic E-state index is -0.698. The van der Waals surface area contributed by atoms with Crippen LogP contribution in [0.5, 0.6) is 0 Å². The fourth-order valence-corrected chi connectivity index (χ4v) is 2.90. The molecule has 1 aliphatic rings. The minimum Gasteiger partial charge on any atom is -0.465 e. The van der Waals surface area contributed by atoms with Gasteiger partial charge in [0.05, 0.1) is 12.5 Å². The number of hydrogen-bond donors (Lipinski definition) is 1. The van der Waals surface area contributed by atoms with E-state index < -0.39 is 12.2 Å². The maximum Gasteiger partial charge on any atom is 0.408 e. The van der Waals surface area contributed by atoms with Crippen LogP contribution >= 0.6 is 0 Å². The van der Waals surface area contributed by atoms with Gasteiger partial charge in [0.15, 0.2) is 11.9 Å². The maximum atomic E-state index is 12.6. The molecule has 6 heteroatoms. The van der Waals surface area contributed by atoms with Gasteiger partial charge in [-0.3, -0.25) is 9.59 Å². The fourth-order valence-electron chi connectivity index (χ4n) is 2.90. The zero-order chi connectivity index (χ0) is 18.8. The van der Waals surface area contributed by atoms with Crippen molar-refractivity contribution in [3.05, 3.63) is 0 Å². The van der Waals surface area contributed by atoms with Crippen molar-refractivity contribution in [2.45, 2.75) is 84.8 Å². The molecule has 1 aliphatic heterocycles. The lowest BCUT2D eigenvalue weighted by Gasteiger charge is -2.22. The summed E-state index contributed by atoms with van der Waals surface area (Å²) >= 11 is 0. The second-order valence-electron chi connectivity index (χ2n) is 7.35. The lowest BCUT2D eigenvalue weighted by Crippen LogP contribution is -2.38. The third-order valence-electron chi connectivity index (χ3n) is 4.49. The highest BCUT2D eigenvalue weighted by atomic mass is 16.6. The highest BCUT2D eigenvalue weighted by Gasteiger charge is 2.27. The first kappa shape index (κ1) is 21.5. The molecule has 3 atom stereocenters. The Bertz CT molecular complexity index is 449. The van der Waals surface area contributed by atoms with E-state index in [9.17, 15) is 14.4 Å². The van der Waals surface area contributed by atoms with Gasteiger partial charge < -0.3 is 14.8 Å². The lowest BCUT2D eigenvalue weighted by atomic mass is 9.93. The molecule has 0 aliphatic carbocycles. The zero-order valence-corrected chi connectivity index (χ0v) is 16.0. The molecule has 144 valence electrons. The van der Waals surface area contributed by atoms with E-state index in [2.05, 4.69) is 5.32 Å². The van der Waals surface area contributed by atoms with Gasteiger partial charge in [0.2, 0.25) is 0 Å². The van der Waals surface area contributed by atoms with Crippen LogP contribution in [0.3, 0.4) is 0 Å². The number of Topliss-reactive ketones (excluding diaryl/α,β-unsaturated/α-hetero) is 1. The van der Waals surface area contributed by atoms with E-state index >= 15 is 0 Å². The predicted octanol–water partition coefficient (Wildman–Crippen LogP) is 3.62. The third kappa shape index (κ3) is 8.36. The Hall–Kier alpha value is -1.59. The number of carbonyl (C=O) groups excluding carboxylic acids is 3. The molecule has 1 N–H and O–H groups in total. The van der Waals surface area contributed by atoms with E-state index in [4.69, 9.17) is 9.47 Å². The Labute approximate surface area is 151 Å². The third-order valence-corrected chi connectivity index (χ3v) is 4.49. The number of nitrogens with one attached hydrogen (secondary N) is 1. The Balaban J connectivity index is 2.68. The highest BCUT2D eigenvalue weighted by Crippen LogP contribution is 2.19. The van der Waals surface area contributed by atoms with Crippen molar-refractivity contribution in [2.24, 2.45) is 11.8 Å². The van der Waals surface area contributed by atoms with Gasteiger partial charge in [-0.1, -0.05) is 26.7 Å². The first-order valence-corrected chi connectivity index (χ1v) is 9.48. The average molecular weight is 355 g/mol. The van der Waals surface area contributed by atoms with Gasteiger partial charge in [-0.25, -0.2) is 4.79 Å². The van der Waals surface area contributed by atoms with E-state index in [1.807, 2.05) is 27.7 Å². The number of carbonyl (C=O) groups is 3. The number of alkyl carbamates (subject to hydrolysis) is 1. The van der Waals surface area contributed by atoms with Crippen LogP contribution in [0.15, 0.2) is 0 Å². The lowest BCUT2D eigenvalue weighted by molar-refractivity contribution is -0.148. The number of hydrogen-bond acceptors (Lipinski definition) is 5. The summed E-state index contributed by atoms with van der Waals surface area (Å²) in [5, 5.41) is 2.67. The van der Waals surface area contributed by atoms with Crippen molar-refractivity contribution in [1.82, 2.24) is 5.32 Å². The second kappa shape index (κ2) is 11.1. The smallest absolute Gasteiger partial charge is 0.408 e. The maximum absolute atomic E-state index is 12.6. The van der Waals surface area contributed by atoms with Gasteiger partial charge in [0.25, 0.3) is 0 Å². The number of cyclic esters (lactones) is 1.